The van der Waals surface area contributed by atoms with Crippen molar-refractivity contribution in [3.63, 3.8) is 0 Å². The molecule has 340 valence electrons. The smallest absolute Gasteiger partial charge is 0.300 e. The van der Waals surface area contributed by atoms with Crippen LogP contribution in [-0.4, -0.2) is 11.1 Å². The molecule has 0 radical (unpaired) electrons. The fraction of sp³-hybridized carbons (Fsp3) is 0.0152. The minimum atomic E-state index is -0.833. The maximum absolute atomic E-state index is 9.00. The molecule has 0 amide bonds. The summed E-state index contributed by atoms with van der Waals surface area (Å²) in [6, 6.07) is 86.5. The molecule has 0 saturated carbocycles. The summed E-state index contributed by atoms with van der Waals surface area (Å²) in [4.78, 5) is 9.00. The summed E-state index contributed by atoms with van der Waals surface area (Å²) in [5.41, 5.74) is 5.09. The van der Waals surface area contributed by atoms with Gasteiger partial charge in [0.25, 0.3) is 5.97 Å². The van der Waals surface area contributed by atoms with E-state index in [-0.39, 0.29) is 0 Å². The number of benzene rings is 14. The predicted octanol–water partition coefficient (Wildman–Crippen LogP) is 20.8. The molecular weight excluding hydrogens is 1060 g/mol. The van der Waals surface area contributed by atoms with Crippen molar-refractivity contribution < 1.29 is 9.90 Å². The van der Waals surface area contributed by atoms with E-state index in [1.165, 1.54) is 130 Å². The highest BCUT2D eigenvalue weighted by Crippen LogP contribution is 2.45. The summed E-state index contributed by atoms with van der Waals surface area (Å²) >= 11 is 9.19. The fourth-order valence-corrected chi connectivity index (χ4v) is 11.1. The van der Waals surface area contributed by atoms with Gasteiger partial charge >= 0.3 is 0 Å². The second kappa shape index (κ2) is 19.8. The number of hydrogen-bond acceptors (Lipinski definition) is 1. The van der Waals surface area contributed by atoms with Gasteiger partial charge in [-0.05, 0) is 166 Å². The van der Waals surface area contributed by atoms with Gasteiger partial charge in [0.2, 0.25) is 0 Å². The molecule has 2 nitrogen and oxygen atoms in total. The molecule has 0 saturated heterocycles. The Morgan fingerprint density at radius 3 is 1.03 bits per heavy atom. The highest BCUT2D eigenvalue weighted by Gasteiger charge is 2.17. The van der Waals surface area contributed by atoms with Gasteiger partial charge in [0.05, 0.1) is 0 Å². The molecule has 14 aromatic carbocycles. The molecule has 0 fully saturated rings. The van der Waals surface area contributed by atoms with Crippen LogP contribution >= 0.6 is 44.2 Å². The Morgan fingerprint density at radius 2 is 0.606 bits per heavy atom. The first-order valence-corrected chi connectivity index (χ1v) is 27.9. The number of hydrogen-bond donors (Lipinski definition) is 1. The molecule has 0 atom stereocenters. The van der Waals surface area contributed by atoms with Crippen LogP contribution in [0.5, 0.6) is 0 Å². The first kappa shape index (κ1) is 46.0. The van der Waals surface area contributed by atoms with Crippen molar-refractivity contribution in [2.24, 2.45) is 0 Å². The van der Waals surface area contributed by atoms with Crippen molar-refractivity contribution in [1.82, 2.24) is 0 Å². The van der Waals surface area contributed by atoms with Crippen LogP contribution in [0, 0.1) is 0 Å². The maximum atomic E-state index is 9.00. The maximum Gasteiger partial charge on any atom is 0.300 e. The average molecular weight is 1110 g/mol. The number of aliphatic carboxylic acids is 1. The minimum absolute atomic E-state index is 0.833. The highest BCUT2D eigenvalue weighted by atomic mass is 80.9. The minimum Gasteiger partial charge on any atom is -0.481 e. The SMILES string of the molecule is BrBr.Brc1ccc2c(c1)c1ccccc1c1cc(-c3ccc4ccccc4c3)c3ccccc3c21.CC(=O)O.c1ccc2cc(-c3cc4c5ccccc5c5ccccc5c4c4ccccc34)ccc2c1. The molecule has 0 spiro atoms. The molecule has 0 unspecified atom stereocenters. The van der Waals surface area contributed by atoms with Gasteiger partial charge in [0.15, 0.2) is 0 Å². The van der Waals surface area contributed by atoms with Crippen LogP contribution in [-0.2, 0) is 4.79 Å². The van der Waals surface area contributed by atoms with Gasteiger partial charge in [-0.3, -0.25) is 4.79 Å². The standard InChI is InChI=1S/C32H19Br.C32H20.C2H4O2.Br2/c33-23-15-16-28-30(18-23)24-9-3-4-10-25(24)31-19-29(26-11-5-6-12-27(26)32(28)31)22-14-13-20-7-1-2-8-21(20)17-22;1-2-10-22-19-23(18-17-21(22)9-1)30-20-31-26-13-4-3-11-24(26)25-12-5-7-15-28(25)32(31)29-16-8-6-14-27(29)30;1-2(3)4;1-2/h1-19H;1-20H;1H3,(H,3,4);. The van der Waals surface area contributed by atoms with E-state index < -0.39 is 5.97 Å². The second-order valence-corrected chi connectivity index (χ2v) is 18.7. The van der Waals surface area contributed by atoms with E-state index in [1.807, 2.05) is 0 Å². The Hall–Kier alpha value is -7.41. The van der Waals surface area contributed by atoms with Crippen molar-refractivity contribution in [2.45, 2.75) is 6.92 Å². The van der Waals surface area contributed by atoms with E-state index in [1.54, 1.807) is 0 Å². The van der Waals surface area contributed by atoms with Gasteiger partial charge in [-0.15, -0.1) is 0 Å². The Morgan fingerprint density at radius 1 is 0.310 bits per heavy atom. The Kier molecular flexibility index (Phi) is 12.8. The van der Waals surface area contributed by atoms with Gasteiger partial charge in [0.1, 0.15) is 0 Å². The summed E-state index contributed by atoms with van der Waals surface area (Å²) < 4.78 is 1.11. The molecule has 5 heteroatoms. The Bertz CT molecular complexity index is 4380. The third kappa shape index (κ3) is 8.48. The number of carboxylic acid groups (broad SMARTS) is 1. The van der Waals surface area contributed by atoms with E-state index in [0.29, 0.717) is 0 Å². The summed E-state index contributed by atoms with van der Waals surface area (Å²) in [7, 11) is 0. The summed E-state index contributed by atoms with van der Waals surface area (Å²) in [5, 5.41) is 33.5. The van der Waals surface area contributed by atoms with E-state index in [0.717, 1.165) is 11.4 Å². The predicted molar refractivity (Wildman–Crippen MR) is 318 cm³/mol. The molecule has 14 aromatic rings. The molecule has 0 aliphatic carbocycles. The third-order valence-electron chi connectivity index (χ3n) is 13.7. The van der Waals surface area contributed by atoms with E-state index >= 15 is 0 Å². The largest absolute Gasteiger partial charge is 0.481 e. The van der Waals surface area contributed by atoms with Crippen LogP contribution in [0.1, 0.15) is 6.92 Å². The summed E-state index contributed by atoms with van der Waals surface area (Å²) in [6.45, 7) is 1.08. The number of carboxylic acids is 1. The van der Waals surface area contributed by atoms with Gasteiger partial charge in [-0.1, -0.05) is 216 Å². The van der Waals surface area contributed by atoms with Crippen molar-refractivity contribution in [1.29, 1.82) is 0 Å². The van der Waals surface area contributed by atoms with Crippen LogP contribution in [0.4, 0.5) is 0 Å². The quantitative estimate of drug-likeness (QED) is 0.175. The molecule has 0 bridgehead atoms. The topological polar surface area (TPSA) is 37.3 Å². The Balaban J connectivity index is 0.000000139. The van der Waals surface area contributed by atoms with Gasteiger partial charge in [0, 0.05) is 39.7 Å². The number of carbonyl (C=O) groups is 1. The molecule has 71 heavy (non-hydrogen) atoms. The lowest BCUT2D eigenvalue weighted by Gasteiger charge is -2.16. The van der Waals surface area contributed by atoms with Crippen molar-refractivity contribution in [2.75, 3.05) is 0 Å². The fourth-order valence-electron chi connectivity index (χ4n) is 10.7. The van der Waals surface area contributed by atoms with Crippen molar-refractivity contribution >= 4 is 158 Å². The highest BCUT2D eigenvalue weighted by molar-refractivity contribution is 9.93. The normalized spacial score (nSPS) is 11.2. The molecule has 14 rings (SSSR count). The monoisotopic (exact) mass is 1100 g/mol. The van der Waals surface area contributed by atoms with Crippen LogP contribution in [0.15, 0.2) is 241 Å². The summed E-state index contributed by atoms with van der Waals surface area (Å²) in [6.07, 6.45) is 0. The molecule has 0 heterocycles. The van der Waals surface area contributed by atoms with Gasteiger partial charge in [-0.2, -0.15) is 0 Å². The molecule has 1 N–H and O–H groups in total. The van der Waals surface area contributed by atoms with Crippen molar-refractivity contribution in [3.8, 4) is 22.3 Å². The molecular formula is C66H43Br3O2. The van der Waals surface area contributed by atoms with Crippen LogP contribution < -0.4 is 0 Å². The lowest BCUT2D eigenvalue weighted by molar-refractivity contribution is -0.134. The molecule has 0 aliphatic rings. The average Bonchev–Trinajstić information content (AvgIpc) is 3.43. The first-order chi connectivity index (χ1) is 34.9. The van der Waals surface area contributed by atoms with Gasteiger partial charge < -0.3 is 5.11 Å². The Labute approximate surface area is 434 Å². The van der Waals surface area contributed by atoms with Crippen LogP contribution in [0.2, 0.25) is 0 Å². The van der Waals surface area contributed by atoms with Crippen molar-refractivity contribution in [3.05, 3.63) is 241 Å². The van der Waals surface area contributed by atoms with E-state index in [4.69, 9.17) is 9.90 Å². The second-order valence-electron chi connectivity index (χ2n) is 17.8. The zero-order valence-electron chi connectivity index (χ0n) is 38.5. The lowest BCUT2D eigenvalue weighted by atomic mass is 9.87. The van der Waals surface area contributed by atoms with Gasteiger partial charge in [-0.25, -0.2) is 0 Å². The molecule has 0 aliphatic heterocycles. The first-order valence-electron chi connectivity index (χ1n) is 23.4. The number of rotatable bonds is 2. The number of fused-ring (bicyclic) bond motifs is 18. The van der Waals surface area contributed by atoms with Crippen LogP contribution in [0.3, 0.4) is 0 Å². The number of halogens is 3. The zero-order chi connectivity index (χ0) is 48.6. The lowest BCUT2D eigenvalue weighted by Crippen LogP contribution is -1.89. The summed E-state index contributed by atoms with van der Waals surface area (Å²) in [5.74, 6) is -0.833. The van der Waals surface area contributed by atoms with E-state index in [2.05, 4.69) is 281 Å². The zero-order valence-corrected chi connectivity index (χ0v) is 43.3. The third-order valence-corrected chi connectivity index (χ3v) is 14.2. The van der Waals surface area contributed by atoms with Crippen LogP contribution in [0.25, 0.3) is 130 Å². The van der Waals surface area contributed by atoms with E-state index in [9.17, 15) is 0 Å². The molecule has 0 aromatic heterocycles.